The largest absolute Gasteiger partial charge is 0.482 e. The maximum absolute atomic E-state index is 13.3. The van der Waals surface area contributed by atoms with E-state index < -0.39 is 49.1 Å². The van der Waals surface area contributed by atoms with Gasteiger partial charge in [0.25, 0.3) is 5.91 Å². The molecule has 248 valence electrons. The van der Waals surface area contributed by atoms with Crippen LogP contribution in [0.4, 0.5) is 39.3 Å². The number of rotatable bonds is 10. The number of likely N-dealkylation sites (tertiary alicyclic amines) is 1. The molecule has 10 nitrogen and oxygen atoms in total. The average molecular weight is 667 g/mol. The van der Waals surface area contributed by atoms with Crippen LogP contribution < -0.4 is 15.4 Å². The highest BCUT2D eigenvalue weighted by Crippen LogP contribution is 2.32. The lowest BCUT2D eigenvalue weighted by Gasteiger charge is -2.34. The molecule has 0 radical (unpaired) electrons. The molecule has 1 atom stereocenters. The number of carbonyl (C=O) groups excluding carboxylic acids is 2. The standard InChI is InChI=1S/C33H27F5N6O4/c34-23-7-1-20(2-8-23)26(17-45)30(46)39-25-9-3-19(4-10-25)22-6-12-29-41-32(42-44(29)14-22)40-27-11-5-21(31(47)43-15-24(35)16-43)13-28(27)48-18-33(36,37)38/h1-14,24,26,45H,15-18H2,(H,39,46)(H,40,42)/t26-/m1/s1. The fourth-order valence-electron chi connectivity index (χ4n) is 5.05. The van der Waals surface area contributed by atoms with E-state index in [4.69, 9.17) is 4.74 Å². The molecule has 0 spiro atoms. The minimum absolute atomic E-state index is 0.0451. The number of carbonyl (C=O) groups is 2. The van der Waals surface area contributed by atoms with Crippen molar-refractivity contribution in [2.45, 2.75) is 18.3 Å². The highest BCUT2D eigenvalue weighted by Gasteiger charge is 2.32. The van der Waals surface area contributed by atoms with Crippen LogP contribution in [0.3, 0.4) is 0 Å². The maximum Gasteiger partial charge on any atom is 0.422 e. The van der Waals surface area contributed by atoms with Crippen molar-refractivity contribution in [2.75, 3.05) is 36.9 Å². The first-order valence-electron chi connectivity index (χ1n) is 14.6. The van der Waals surface area contributed by atoms with Gasteiger partial charge in [0.15, 0.2) is 12.3 Å². The second-order valence-corrected chi connectivity index (χ2v) is 11.1. The Hall–Kier alpha value is -5.57. The first-order chi connectivity index (χ1) is 23.0. The van der Waals surface area contributed by atoms with Crippen molar-refractivity contribution in [3.8, 4) is 16.9 Å². The lowest BCUT2D eigenvalue weighted by Crippen LogP contribution is -2.51. The number of pyridine rings is 1. The van der Waals surface area contributed by atoms with Crippen LogP contribution in [0.15, 0.2) is 85.1 Å². The predicted molar refractivity (Wildman–Crippen MR) is 165 cm³/mol. The molecule has 5 aromatic rings. The Morgan fingerprint density at radius 2 is 1.69 bits per heavy atom. The van der Waals surface area contributed by atoms with Crippen molar-refractivity contribution < 1.29 is 41.4 Å². The third-order valence-corrected chi connectivity index (χ3v) is 7.58. The van der Waals surface area contributed by atoms with Crippen LogP contribution >= 0.6 is 0 Å². The molecule has 3 aromatic carbocycles. The molecule has 6 rings (SSSR count). The van der Waals surface area contributed by atoms with Gasteiger partial charge in [0, 0.05) is 23.0 Å². The maximum atomic E-state index is 13.3. The summed E-state index contributed by atoms with van der Waals surface area (Å²) in [5.74, 6) is -2.53. The lowest BCUT2D eigenvalue weighted by atomic mass is 9.99. The number of alkyl halides is 4. The van der Waals surface area contributed by atoms with E-state index in [1.54, 1.807) is 42.6 Å². The quantitative estimate of drug-likeness (QED) is 0.163. The molecule has 1 saturated heterocycles. The van der Waals surface area contributed by atoms with E-state index in [-0.39, 0.29) is 36.0 Å². The summed E-state index contributed by atoms with van der Waals surface area (Å²) in [6, 6.07) is 19.6. The van der Waals surface area contributed by atoms with E-state index in [2.05, 4.69) is 20.7 Å². The van der Waals surface area contributed by atoms with E-state index in [0.29, 0.717) is 16.9 Å². The van der Waals surface area contributed by atoms with E-state index in [0.717, 1.165) is 17.2 Å². The molecule has 0 bridgehead atoms. The molecule has 1 fully saturated rings. The van der Waals surface area contributed by atoms with Gasteiger partial charge in [0.05, 0.1) is 31.3 Å². The zero-order valence-corrected chi connectivity index (χ0v) is 24.9. The van der Waals surface area contributed by atoms with Crippen molar-refractivity contribution in [1.29, 1.82) is 0 Å². The van der Waals surface area contributed by atoms with Gasteiger partial charge in [-0.15, -0.1) is 5.10 Å². The monoisotopic (exact) mass is 666 g/mol. The second kappa shape index (κ2) is 13.3. The molecule has 0 unspecified atom stereocenters. The van der Waals surface area contributed by atoms with Crippen LogP contribution in [0.25, 0.3) is 16.8 Å². The Balaban J connectivity index is 1.17. The smallest absolute Gasteiger partial charge is 0.422 e. The summed E-state index contributed by atoms with van der Waals surface area (Å²) < 4.78 is 71.9. The van der Waals surface area contributed by atoms with Crippen molar-refractivity contribution in [3.63, 3.8) is 0 Å². The number of nitrogens with one attached hydrogen (secondary N) is 2. The number of aliphatic hydroxyl groups excluding tert-OH is 1. The van der Waals surface area contributed by atoms with Gasteiger partial charge in [-0.3, -0.25) is 9.59 Å². The SMILES string of the molecule is O=C(Nc1ccc(-c2ccc3nc(Nc4ccc(C(=O)N5CC(F)C5)cc4OCC(F)(F)F)nn3c2)cc1)[C@H](CO)c1ccc(F)cc1. The highest BCUT2D eigenvalue weighted by atomic mass is 19.4. The summed E-state index contributed by atoms with van der Waals surface area (Å²) in [6.45, 7) is -2.24. The molecule has 1 aliphatic rings. The molecule has 15 heteroatoms. The Bertz CT molecular complexity index is 1940. The number of benzene rings is 3. The number of ether oxygens (including phenoxy) is 1. The van der Waals surface area contributed by atoms with E-state index in [9.17, 15) is 36.6 Å². The minimum atomic E-state index is -4.64. The van der Waals surface area contributed by atoms with Gasteiger partial charge in [-0.1, -0.05) is 24.3 Å². The number of halogens is 5. The normalized spacial score (nSPS) is 14.0. The Morgan fingerprint density at radius 3 is 2.35 bits per heavy atom. The number of hydrogen-bond acceptors (Lipinski definition) is 7. The van der Waals surface area contributed by atoms with E-state index >= 15 is 0 Å². The van der Waals surface area contributed by atoms with Crippen molar-refractivity contribution >= 4 is 34.8 Å². The van der Waals surface area contributed by atoms with Crippen LogP contribution in [0.2, 0.25) is 0 Å². The zero-order valence-electron chi connectivity index (χ0n) is 24.9. The topological polar surface area (TPSA) is 121 Å². The fourth-order valence-corrected chi connectivity index (χ4v) is 5.05. The molecule has 48 heavy (non-hydrogen) atoms. The van der Waals surface area contributed by atoms with Crippen LogP contribution in [0.1, 0.15) is 21.8 Å². The van der Waals surface area contributed by atoms with Crippen LogP contribution in [-0.4, -0.2) is 75.1 Å². The van der Waals surface area contributed by atoms with Crippen LogP contribution in [0, 0.1) is 5.82 Å². The van der Waals surface area contributed by atoms with Gasteiger partial charge in [0.1, 0.15) is 17.7 Å². The number of anilines is 3. The average Bonchev–Trinajstić information content (AvgIpc) is 3.45. The number of amides is 2. The number of hydrogen-bond donors (Lipinski definition) is 3. The van der Waals surface area contributed by atoms with Gasteiger partial charge in [-0.05, 0) is 65.7 Å². The van der Waals surface area contributed by atoms with Crippen molar-refractivity contribution in [2.24, 2.45) is 0 Å². The van der Waals surface area contributed by atoms with E-state index in [1.165, 1.54) is 45.8 Å². The summed E-state index contributed by atoms with van der Waals surface area (Å²) >= 11 is 0. The number of fused-ring (bicyclic) bond motifs is 1. The highest BCUT2D eigenvalue weighted by molar-refractivity contribution is 5.96. The first-order valence-corrected chi connectivity index (χ1v) is 14.6. The molecule has 0 aliphatic carbocycles. The van der Waals surface area contributed by atoms with Gasteiger partial charge < -0.3 is 25.4 Å². The molecular formula is C33H27F5N6O4. The summed E-state index contributed by atoms with van der Waals surface area (Å²) in [6.07, 6.45) is -4.08. The fraction of sp³-hybridized carbons (Fsp3) is 0.212. The number of aliphatic hydroxyl groups is 1. The summed E-state index contributed by atoms with van der Waals surface area (Å²) in [4.78, 5) is 31.0. The van der Waals surface area contributed by atoms with Crippen LogP contribution in [-0.2, 0) is 4.79 Å². The molecule has 3 heterocycles. The molecule has 2 amide bonds. The van der Waals surface area contributed by atoms with E-state index in [1.807, 2.05) is 0 Å². The predicted octanol–water partition coefficient (Wildman–Crippen LogP) is 5.73. The Labute approximate surface area is 269 Å². The minimum Gasteiger partial charge on any atom is -0.482 e. The molecule has 0 saturated carbocycles. The molecule has 2 aromatic heterocycles. The van der Waals surface area contributed by atoms with Gasteiger partial charge >= 0.3 is 6.18 Å². The lowest BCUT2D eigenvalue weighted by molar-refractivity contribution is -0.153. The second-order valence-electron chi connectivity index (χ2n) is 11.1. The molecule has 1 aliphatic heterocycles. The summed E-state index contributed by atoms with van der Waals surface area (Å²) in [7, 11) is 0. The van der Waals surface area contributed by atoms with Gasteiger partial charge in [-0.25, -0.2) is 13.3 Å². The van der Waals surface area contributed by atoms with Gasteiger partial charge in [0.2, 0.25) is 11.9 Å². The molecule has 3 N–H and O–H groups in total. The Kier molecular flexibility index (Phi) is 8.95. The number of nitrogens with zero attached hydrogens (tertiary/aromatic N) is 4. The number of aromatic nitrogens is 3. The third kappa shape index (κ3) is 7.36. The van der Waals surface area contributed by atoms with Gasteiger partial charge in [-0.2, -0.15) is 18.2 Å². The first kappa shape index (κ1) is 32.4. The van der Waals surface area contributed by atoms with Crippen molar-refractivity contribution in [1.82, 2.24) is 19.5 Å². The third-order valence-electron chi connectivity index (χ3n) is 7.58. The zero-order chi connectivity index (χ0) is 34.0. The summed E-state index contributed by atoms with van der Waals surface area (Å²) in [5, 5.41) is 19.7. The van der Waals surface area contributed by atoms with Crippen molar-refractivity contribution in [3.05, 3.63) is 102 Å². The Morgan fingerprint density at radius 1 is 0.979 bits per heavy atom. The summed E-state index contributed by atoms with van der Waals surface area (Å²) in [5.41, 5.74) is 2.99. The van der Waals surface area contributed by atoms with Crippen LogP contribution in [0.5, 0.6) is 5.75 Å². The molecular weight excluding hydrogens is 639 g/mol.